The monoisotopic (exact) mass is 597 g/mol. The molecular weight excluding hydrogens is 524 g/mol. The molecular formula is C37H72O5. The Hall–Kier alpha value is -1.10. The lowest BCUT2D eigenvalue weighted by Crippen LogP contribution is -2.25. The average molecular weight is 597 g/mol. The third kappa shape index (κ3) is 31.8. The Morgan fingerprint density at radius 2 is 0.810 bits per heavy atom. The lowest BCUT2D eigenvalue weighted by Gasteiger charge is -2.12. The van der Waals surface area contributed by atoms with E-state index in [1.807, 2.05) is 0 Å². The summed E-state index contributed by atoms with van der Waals surface area (Å²) in [5.41, 5.74) is 0. The number of hydrogen-bond acceptors (Lipinski definition) is 5. The zero-order valence-corrected chi connectivity index (χ0v) is 28.6. The first-order valence-electron chi connectivity index (χ1n) is 18.3. The maximum atomic E-state index is 11.9. The van der Waals surface area contributed by atoms with E-state index in [0.717, 1.165) is 37.5 Å². The molecule has 0 aromatic rings. The van der Waals surface area contributed by atoms with Crippen LogP contribution in [0.5, 0.6) is 0 Å². The molecule has 0 fully saturated rings. The fraction of sp³-hybridized carbons (Fsp3) is 0.946. The summed E-state index contributed by atoms with van der Waals surface area (Å²) in [5, 5.41) is 9.98. The highest BCUT2D eigenvalue weighted by molar-refractivity contribution is 5.69. The van der Waals surface area contributed by atoms with Crippen LogP contribution in [0.15, 0.2) is 0 Å². The highest BCUT2D eigenvalue weighted by Crippen LogP contribution is 2.16. The second-order valence-corrected chi connectivity index (χ2v) is 13.4. The average Bonchev–Trinajstić information content (AvgIpc) is 2.97. The molecule has 5 nitrogen and oxygen atoms in total. The van der Waals surface area contributed by atoms with E-state index in [0.29, 0.717) is 12.8 Å². The minimum atomic E-state index is -0.955. The molecule has 42 heavy (non-hydrogen) atoms. The lowest BCUT2D eigenvalue weighted by atomic mass is 9.99. The first-order chi connectivity index (χ1) is 20.3. The van der Waals surface area contributed by atoms with Crippen molar-refractivity contribution in [2.75, 3.05) is 13.2 Å². The molecule has 0 aliphatic carbocycles. The largest absolute Gasteiger partial charge is 0.463 e. The molecule has 0 saturated heterocycles. The number of carbonyl (C=O) groups is 2. The van der Waals surface area contributed by atoms with Crippen molar-refractivity contribution < 1.29 is 24.2 Å². The summed E-state index contributed by atoms with van der Waals surface area (Å²) in [4.78, 5) is 23.8. The van der Waals surface area contributed by atoms with Gasteiger partial charge in [-0.1, -0.05) is 169 Å². The Bertz CT molecular complexity index is 591. The van der Waals surface area contributed by atoms with Crippen LogP contribution in [0.1, 0.15) is 195 Å². The molecule has 0 aromatic carbocycles. The molecule has 0 aliphatic rings. The predicted molar refractivity (Wildman–Crippen MR) is 178 cm³/mol. The molecule has 0 radical (unpaired) electrons. The van der Waals surface area contributed by atoms with Gasteiger partial charge in [-0.15, -0.1) is 0 Å². The molecule has 0 bridgehead atoms. The zero-order valence-electron chi connectivity index (χ0n) is 28.6. The Labute approximate surface area is 261 Å². The van der Waals surface area contributed by atoms with Gasteiger partial charge >= 0.3 is 11.9 Å². The minimum Gasteiger partial charge on any atom is -0.463 e. The molecule has 0 aliphatic heterocycles. The van der Waals surface area contributed by atoms with Gasteiger partial charge in [-0.2, -0.15) is 0 Å². The van der Waals surface area contributed by atoms with Crippen molar-refractivity contribution in [1.29, 1.82) is 0 Å². The van der Waals surface area contributed by atoms with E-state index in [1.54, 1.807) is 0 Å². The quantitative estimate of drug-likeness (QED) is 0.0617. The SMILES string of the molecule is CCC(C)CCCCCCCCCCCCC(=O)OC[C@@H](O)COC(=O)CCCCCCCCCCCCCC(C)C. The second-order valence-electron chi connectivity index (χ2n) is 13.4. The van der Waals surface area contributed by atoms with Gasteiger partial charge in [0.1, 0.15) is 19.3 Å². The van der Waals surface area contributed by atoms with Gasteiger partial charge in [-0.25, -0.2) is 0 Å². The third-order valence-electron chi connectivity index (χ3n) is 8.56. The molecule has 250 valence electrons. The van der Waals surface area contributed by atoms with Crippen LogP contribution in [0, 0.1) is 11.8 Å². The van der Waals surface area contributed by atoms with Crippen molar-refractivity contribution in [1.82, 2.24) is 0 Å². The summed E-state index contributed by atoms with van der Waals surface area (Å²) in [6.07, 6.45) is 30.0. The van der Waals surface area contributed by atoms with Gasteiger partial charge in [0.05, 0.1) is 0 Å². The van der Waals surface area contributed by atoms with Crippen LogP contribution in [0.4, 0.5) is 0 Å². The van der Waals surface area contributed by atoms with Crippen LogP contribution in [-0.4, -0.2) is 36.4 Å². The van der Waals surface area contributed by atoms with Crippen LogP contribution < -0.4 is 0 Å². The van der Waals surface area contributed by atoms with E-state index >= 15 is 0 Å². The number of hydrogen-bond donors (Lipinski definition) is 1. The number of ether oxygens (including phenoxy) is 2. The predicted octanol–water partition coefficient (Wildman–Crippen LogP) is 10.9. The standard InChI is InChI=1S/C37H72O5/c1-5-34(4)28-24-20-16-12-9-10-14-18-22-26-30-37(40)42-32-35(38)31-41-36(39)29-25-21-17-13-8-6-7-11-15-19-23-27-33(2)3/h33-35,38H,5-32H2,1-4H3/t34?,35-/m0/s1. The Balaban J connectivity index is 3.41. The molecule has 1 unspecified atom stereocenters. The highest BCUT2D eigenvalue weighted by Gasteiger charge is 2.12. The maximum Gasteiger partial charge on any atom is 0.305 e. The van der Waals surface area contributed by atoms with Crippen LogP contribution in [0.2, 0.25) is 0 Å². The van der Waals surface area contributed by atoms with E-state index in [1.165, 1.54) is 128 Å². The number of aliphatic hydroxyl groups excluding tert-OH is 1. The first kappa shape index (κ1) is 40.9. The van der Waals surface area contributed by atoms with Gasteiger partial charge in [0.25, 0.3) is 0 Å². The smallest absolute Gasteiger partial charge is 0.305 e. The summed E-state index contributed by atoms with van der Waals surface area (Å²) in [5.74, 6) is 1.16. The van der Waals surface area contributed by atoms with Gasteiger partial charge in [0.2, 0.25) is 0 Å². The normalized spacial score (nSPS) is 12.9. The van der Waals surface area contributed by atoms with Gasteiger partial charge in [0.15, 0.2) is 0 Å². The topological polar surface area (TPSA) is 72.8 Å². The van der Waals surface area contributed by atoms with Crippen molar-refractivity contribution in [3.8, 4) is 0 Å². The van der Waals surface area contributed by atoms with Crippen LogP contribution in [0.3, 0.4) is 0 Å². The number of aliphatic hydroxyl groups is 1. The van der Waals surface area contributed by atoms with Crippen LogP contribution in [0.25, 0.3) is 0 Å². The number of esters is 2. The van der Waals surface area contributed by atoms with Crippen LogP contribution >= 0.6 is 0 Å². The van der Waals surface area contributed by atoms with E-state index in [-0.39, 0.29) is 25.2 Å². The summed E-state index contributed by atoms with van der Waals surface area (Å²) in [6.45, 7) is 9.01. The second kappa shape index (κ2) is 31.3. The number of unbranched alkanes of at least 4 members (excludes halogenated alkanes) is 19. The minimum absolute atomic E-state index is 0.110. The van der Waals surface area contributed by atoms with E-state index in [4.69, 9.17) is 9.47 Å². The van der Waals surface area contributed by atoms with Crippen molar-refractivity contribution in [2.24, 2.45) is 11.8 Å². The molecule has 2 atom stereocenters. The summed E-state index contributed by atoms with van der Waals surface area (Å²) < 4.78 is 10.3. The van der Waals surface area contributed by atoms with Crippen LogP contribution in [-0.2, 0) is 19.1 Å². The fourth-order valence-corrected chi connectivity index (χ4v) is 5.36. The zero-order chi connectivity index (χ0) is 31.1. The summed E-state index contributed by atoms with van der Waals surface area (Å²) >= 11 is 0. The number of rotatable bonds is 32. The fourth-order valence-electron chi connectivity index (χ4n) is 5.36. The molecule has 0 amide bonds. The molecule has 0 aromatic heterocycles. The van der Waals surface area contributed by atoms with Gasteiger partial charge in [-0.05, 0) is 24.7 Å². The van der Waals surface area contributed by atoms with Gasteiger partial charge in [0, 0.05) is 12.8 Å². The van der Waals surface area contributed by atoms with Crippen molar-refractivity contribution in [3.05, 3.63) is 0 Å². The Morgan fingerprint density at radius 3 is 1.14 bits per heavy atom. The van der Waals surface area contributed by atoms with E-state index < -0.39 is 6.10 Å². The molecule has 1 N–H and O–H groups in total. The van der Waals surface area contributed by atoms with Gasteiger partial charge < -0.3 is 14.6 Å². The van der Waals surface area contributed by atoms with Crippen molar-refractivity contribution in [3.63, 3.8) is 0 Å². The van der Waals surface area contributed by atoms with Gasteiger partial charge in [-0.3, -0.25) is 9.59 Å². The van der Waals surface area contributed by atoms with Crippen molar-refractivity contribution in [2.45, 2.75) is 201 Å². The summed E-state index contributed by atoms with van der Waals surface area (Å²) in [6, 6.07) is 0. The van der Waals surface area contributed by atoms with E-state index in [2.05, 4.69) is 27.7 Å². The Morgan fingerprint density at radius 1 is 0.500 bits per heavy atom. The molecule has 0 saturated carbocycles. The molecule has 0 spiro atoms. The highest BCUT2D eigenvalue weighted by atomic mass is 16.6. The number of carbonyl (C=O) groups excluding carboxylic acids is 2. The first-order valence-corrected chi connectivity index (χ1v) is 18.3. The molecule has 5 heteroatoms. The third-order valence-corrected chi connectivity index (χ3v) is 8.56. The summed E-state index contributed by atoms with van der Waals surface area (Å²) in [7, 11) is 0. The molecule has 0 rings (SSSR count). The molecule has 0 heterocycles. The maximum absolute atomic E-state index is 11.9. The lowest BCUT2D eigenvalue weighted by molar-refractivity contribution is -0.152. The van der Waals surface area contributed by atoms with Crippen molar-refractivity contribution >= 4 is 11.9 Å². The Kier molecular flexibility index (Phi) is 30.5. The van der Waals surface area contributed by atoms with E-state index in [9.17, 15) is 14.7 Å².